The summed E-state index contributed by atoms with van der Waals surface area (Å²) in [4.78, 5) is 24.1. The second-order valence-corrected chi connectivity index (χ2v) is 6.59. The molecule has 0 aliphatic heterocycles. The molecule has 3 nitrogen and oxygen atoms in total. The van der Waals surface area contributed by atoms with Crippen LogP contribution in [0.1, 0.15) is 50.5 Å². The van der Waals surface area contributed by atoms with Crippen LogP contribution in [-0.2, 0) is 16.0 Å². The Balaban J connectivity index is 1.72. The summed E-state index contributed by atoms with van der Waals surface area (Å²) in [6.45, 7) is 0. The van der Waals surface area contributed by atoms with Crippen molar-refractivity contribution in [3.05, 3.63) is 35.9 Å². The zero-order chi connectivity index (χ0) is 14.9. The van der Waals surface area contributed by atoms with Gasteiger partial charge in [-0.3, -0.25) is 9.59 Å². The van der Waals surface area contributed by atoms with Crippen LogP contribution >= 0.6 is 0 Å². The van der Waals surface area contributed by atoms with Crippen molar-refractivity contribution in [1.29, 1.82) is 0 Å². The molecule has 0 saturated heterocycles. The largest absolute Gasteiger partial charge is 0.388 e. The summed E-state index contributed by atoms with van der Waals surface area (Å²) in [6, 6.07) is 10.2. The summed E-state index contributed by atoms with van der Waals surface area (Å²) in [7, 11) is 0. The minimum absolute atomic E-state index is 0.103. The highest BCUT2D eigenvalue weighted by molar-refractivity contribution is 5.93. The number of aryl methyl sites for hydroxylation is 1. The quantitative estimate of drug-likeness (QED) is 0.926. The van der Waals surface area contributed by atoms with E-state index in [1.165, 1.54) is 5.56 Å². The average Bonchev–Trinajstić information content (AvgIpc) is 2.73. The van der Waals surface area contributed by atoms with Crippen LogP contribution in [0.3, 0.4) is 0 Å². The topological polar surface area (TPSA) is 54.4 Å². The van der Waals surface area contributed by atoms with Gasteiger partial charge in [0, 0.05) is 19.3 Å². The number of Topliss-reactive ketones (excluding diaryl/α,β-unsaturated/α-hetero) is 2. The molecule has 0 unspecified atom stereocenters. The van der Waals surface area contributed by atoms with Gasteiger partial charge in [0.25, 0.3) is 0 Å². The number of benzene rings is 1. The monoisotopic (exact) mass is 286 g/mol. The molecule has 2 aliphatic carbocycles. The smallest absolute Gasteiger partial charge is 0.142 e. The van der Waals surface area contributed by atoms with Gasteiger partial charge in [-0.2, -0.15) is 0 Å². The number of hydrogen-bond acceptors (Lipinski definition) is 3. The highest BCUT2D eigenvalue weighted by atomic mass is 16.3. The van der Waals surface area contributed by atoms with Gasteiger partial charge in [0.2, 0.25) is 0 Å². The lowest BCUT2D eigenvalue weighted by Crippen LogP contribution is -2.52. The fourth-order valence-corrected chi connectivity index (χ4v) is 4.19. The van der Waals surface area contributed by atoms with Gasteiger partial charge in [0.15, 0.2) is 0 Å². The van der Waals surface area contributed by atoms with E-state index >= 15 is 0 Å². The summed E-state index contributed by atoms with van der Waals surface area (Å²) in [5.41, 5.74) is -0.471. The molecule has 0 radical (unpaired) electrons. The van der Waals surface area contributed by atoms with Crippen molar-refractivity contribution in [3.63, 3.8) is 0 Å². The van der Waals surface area contributed by atoms with E-state index in [2.05, 4.69) is 12.1 Å². The van der Waals surface area contributed by atoms with Crippen LogP contribution in [0.15, 0.2) is 30.3 Å². The molecule has 1 aromatic rings. The molecule has 1 aromatic carbocycles. The van der Waals surface area contributed by atoms with E-state index in [-0.39, 0.29) is 18.0 Å². The first kappa shape index (κ1) is 14.5. The van der Waals surface area contributed by atoms with Gasteiger partial charge in [-0.25, -0.2) is 0 Å². The number of carbonyl (C=O) groups is 2. The summed E-state index contributed by atoms with van der Waals surface area (Å²) >= 11 is 0. The Morgan fingerprint density at radius 1 is 1.05 bits per heavy atom. The Kier molecular flexibility index (Phi) is 3.70. The number of hydrogen-bond donors (Lipinski definition) is 1. The van der Waals surface area contributed by atoms with Crippen molar-refractivity contribution in [1.82, 2.24) is 0 Å². The highest BCUT2D eigenvalue weighted by Crippen LogP contribution is 2.54. The van der Waals surface area contributed by atoms with Gasteiger partial charge in [-0.15, -0.1) is 0 Å². The molecule has 3 rings (SSSR count). The van der Waals surface area contributed by atoms with E-state index < -0.39 is 11.0 Å². The fraction of sp³-hybridized carbons (Fsp3) is 0.556. The number of fused-ring (bicyclic) bond motifs is 1. The first-order chi connectivity index (χ1) is 10.1. The molecule has 2 fully saturated rings. The number of ketones is 2. The zero-order valence-corrected chi connectivity index (χ0v) is 12.3. The summed E-state index contributed by atoms with van der Waals surface area (Å²) < 4.78 is 0. The lowest BCUT2D eigenvalue weighted by Gasteiger charge is -2.44. The summed E-state index contributed by atoms with van der Waals surface area (Å²) in [5.74, 6) is 0.274. The molecule has 112 valence electrons. The Labute approximate surface area is 125 Å². The van der Waals surface area contributed by atoms with Gasteiger partial charge >= 0.3 is 0 Å². The standard InChI is InChI=1S/C18H22O3/c19-15-8-11-17(16(20)9-12-18(17,21)13-15)10-4-7-14-5-2-1-3-6-14/h1-3,5-6,21H,4,7-13H2/t17-,18+/m1/s1. The van der Waals surface area contributed by atoms with E-state index in [0.717, 1.165) is 12.8 Å². The molecule has 2 aliphatic rings. The normalized spacial score (nSPS) is 32.2. The number of aliphatic hydroxyl groups is 1. The molecule has 0 aromatic heterocycles. The third-order valence-electron chi connectivity index (χ3n) is 5.42. The third-order valence-corrected chi connectivity index (χ3v) is 5.42. The Bertz CT molecular complexity index is 551. The minimum atomic E-state index is -1.07. The molecule has 0 bridgehead atoms. The predicted molar refractivity (Wildman–Crippen MR) is 79.9 cm³/mol. The lowest BCUT2D eigenvalue weighted by molar-refractivity contribution is -0.152. The average molecular weight is 286 g/mol. The fourth-order valence-electron chi connectivity index (χ4n) is 4.19. The highest BCUT2D eigenvalue weighted by Gasteiger charge is 2.61. The Morgan fingerprint density at radius 3 is 2.57 bits per heavy atom. The van der Waals surface area contributed by atoms with Crippen LogP contribution in [-0.4, -0.2) is 22.3 Å². The molecule has 0 heterocycles. The van der Waals surface area contributed by atoms with Crippen LogP contribution in [0.2, 0.25) is 0 Å². The van der Waals surface area contributed by atoms with Gasteiger partial charge in [-0.1, -0.05) is 30.3 Å². The SMILES string of the molecule is O=C1CC[C@]2(CCCc3ccccc3)C(=O)CC[C@]2(O)C1. The minimum Gasteiger partial charge on any atom is -0.388 e. The van der Waals surface area contributed by atoms with Crippen molar-refractivity contribution in [2.45, 2.75) is 57.0 Å². The molecule has 21 heavy (non-hydrogen) atoms. The predicted octanol–water partition coefficient (Wildman–Crippen LogP) is 2.84. The Hall–Kier alpha value is -1.48. The van der Waals surface area contributed by atoms with Crippen LogP contribution in [0.25, 0.3) is 0 Å². The van der Waals surface area contributed by atoms with Gasteiger partial charge in [0.1, 0.15) is 11.6 Å². The molecular weight excluding hydrogens is 264 g/mol. The van der Waals surface area contributed by atoms with Gasteiger partial charge < -0.3 is 5.11 Å². The maximum atomic E-state index is 12.4. The molecule has 0 spiro atoms. The first-order valence-corrected chi connectivity index (χ1v) is 7.87. The maximum absolute atomic E-state index is 12.4. The molecular formula is C18H22O3. The van der Waals surface area contributed by atoms with E-state index in [1.54, 1.807) is 0 Å². The van der Waals surface area contributed by atoms with E-state index in [1.807, 2.05) is 18.2 Å². The van der Waals surface area contributed by atoms with Crippen molar-refractivity contribution in [2.75, 3.05) is 0 Å². The summed E-state index contributed by atoms with van der Waals surface area (Å²) in [5, 5.41) is 10.9. The van der Waals surface area contributed by atoms with E-state index in [9.17, 15) is 14.7 Å². The van der Waals surface area contributed by atoms with E-state index in [0.29, 0.717) is 32.1 Å². The summed E-state index contributed by atoms with van der Waals surface area (Å²) in [6.07, 6.45) is 4.54. The molecule has 2 atom stereocenters. The van der Waals surface area contributed by atoms with Gasteiger partial charge in [-0.05, 0) is 37.7 Å². The molecule has 3 heteroatoms. The molecule has 2 saturated carbocycles. The van der Waals surface area contributed by atoms with Crippen molar-refractivity contribution >= 4 is 11.6 Å². The first-order valence-electron chi connectivity index (χ1n) is 7.87. The van der Waals surface area contributed by atoms with Crippen LogP contribution in [0.5, 0.6) is 0 Å². The van der Waals surface area contributed by atoms with Crippen LogP contribution in [0, 0.1) is 5.41 Å². The van der Waals surface area contributed by atoms with Gasteiger partial charge in [0.05, 0.1) is 11.0 Å². The second-order valence-electron chi connectivity index (χ2n) is 6.59. The lowest BCUT2D eigenvalue weighted by atomic mass is 9.62. The Morgan fingerprint density at radius 2 is 1.81 bits per heavy atom. The van der Waals surface area contributed by atoms with Crippen molar-refractivity contribution < 1.29 is 14.7 Å². The van der Waals surface area contributed by atoms with Crippen LogP contribution in [0.4, 0.5) is 0 Å². The second kappa shape index (κ2) is 5.38. The van der Waals surface area contributed by atoms with Crippen LogP contribution < -0.4 is 0 Å². The molecule has 1 N–H and O–H groups in total. The third kappa shape index (κ3) is 2.44. The number of carbonyl (C=O) groups excluding carboxylic acids is 2. The number of rotatable bonds is 4. The van der Waals surface area contributed by atoms with Crippen molar-refractivity contribution in [3.8, 4) is 0 Å². The van der Waals surface area contributed by atoms with Crippen molar-refractivity contribution in [2.24, 2.45) is 5.41 Å². The maximum Gasteiger partial charge on any atom is 0.142 e. The molecule has 0 amide bonds. The van der Waals surface area contributed by atoms with E-state index in [4.69, 9.17) is 0 Å². The zero-order valence-electron chi connectivity index (χ0n) is 12.3.